The molecule has 6 heteroatoms. The molecule has 1 N–H and O–H groups in total. The molecule has 1 aliphatic carbocycles. The van der Waals surface area contributed by atoms with Crippen molar-refractivity contribution in [3.63, 3.8) is 0 Å². The van der Waals surface area contributed by atoms with Crippen molar-refractivity contribution in [3.8, 4) is 0 Å². The number of para-hydroxylation sites is 2. The van der Waals surface area contributed by atoms with Crippen molar-refractivity contribution in [2.24, 2.45) is 5.92 Å². The Morgan fingerprint density at radius 3 is 2.83 bits per heavy atom. The smallest absolute Gasteiger partial charge is 0.326 e. The van der Waals surface area contributed by atoms with E-state index in [1.54, 1.807) is 11.2 Å². The second-order valence-electron chi connectivity index (χ2n) is 6.86. The van der Waals surface area contributed by atoms with Crippen molar-refractivity contribution in [2.75, 3.05) is 0 Å². The van der Waals surface area contributed by atoms with E-state index < -0.39 is 12.0 Å². The molecule has 1 saturated carbocycles. The number of aliphatic carboxylic acids is 1. The number of carboxylic acid groups (broad SMARTS) is 1. The molecular weight excluding hydrogens is 306 g/mol. The number of aromatic nitrogens is 2. The number of carbonyl (C=O) groups excluding carboxylic acids is 1. The summed E-state index contributed by atoms with van der Waals surface area (Å²) in [5.74, 6) is -0.656. The molecule has 0 radical (unpaired) electrons. The van der Waals surface area contributed by atoms with Gasteiger partial charge in [-0.25, -0.2) is 9.78 Å². The highest BCUT2D eigenvalue weighted by Gasteiger charge is 2.47. The maximum Gasteiger partial charge on any atom is 0.326 e. The Morgan fingerprint density at radius 2 is 2.00 bits per heavy atom. The van der Waals surface area contributed by atoms with Gasteiger partial charge in [-0.05, 0) is 37.3 Å². The highest BCUT2D eigenvalue weighted by molar-refractivity contribution is 5.86. The number of rotatable bonds is 3. The van der Waals surface area contributed by atoms with Crippen molar-refractivity contribution >= 4 is 22.9 Å². The largest absolute Gasteiger partial charge is 0.480 e. The van der Waals surface area contributed by atoms with E-state index in [2.05, 4.69) is 4.98 Å². The van der Waals surface area contributed by atoms with E-state index in [4.69, 9.17) is 0 Å². The Labute approximate surface area is 140 Å². The van der Waals surface area contributed by atoms with E-state index in [0.29, 0.717) is 12.3 Å². The average molecular weight is 327 g/mol. The Kier molecular flexibility index (Phi) is 3.75. The highest BCUT2D eigenvalue weighted by atomic mass is 16.4. The lowest BCUT2D eigenvalue weighted by molar-refractivity contribution is -0.150. The number of carbonyl (C=O) groups is 2. The molecule has 2 aliphatic rings. The minimum Gasteiger partial charge on any atom is -0.480 e. The van der Waals surface area contributed by atoms with Gasteiger partial charge in [0.05, 0.1) is 17.4 Å². The first-order chi connectivity index (χ1) is 11.6. The molecule has 3 atom stereocenters. The second kappa shape index (κ2) is 5.92. The van der Waals surface area contributed by atoms with Crippen LogP contribution >= 0.6 is 0 Å². The Hall–Kier alpha value is -2.37. The second-order valence-corrected chi connectivity index (χ2v) is 6.86. The summed E-state index contributed by atoms with van der Waals surface area (Å²) in [7, 11) is 0. The van der Waals surface area contributed by atoms with E-state index in [1.165, 1.54) is 0 Å². The fourth-order valence-electron chi connectivity index (χ4n) is 4.40. The number of likely N-dealkylation sites (tertiary alicyclic amines) is 1. The third-order valence-electron chi connectivity index (χ3n) is 5.49. The van der Waals surface area contributed by atoms with Crippen molar-refractivity contribution in [1.29, 1.82) is 0 Å². The molecule has 1 aromatic carbocycles. The SMILES string of the molecule is O=C(O)C1CC2CCCCC2N1C(=O)Cn1cnc2ccccc21. The molecule has 0 spiro atoms. The fraction of sp³-hybridized carbons (Fsp3) is 0.500. The van der Waals surface area contributed by atoms with Gasteiger partial charge in [0.1, 0.15) is 12.6 Å². The van der Waals surface area contributed by atoms with Crippen LogP contribution in [0.25, 0.3) is 11.0 Å². The summed E-state index contributed by atoms with van der Waals surface area (Å²) in [4.78, 5) is 30.6. The summed E-state index contributed by atoms with van der Waals surface area (Å²) in [6.45, 7) is 0.146. The van der Waals surface area contributed by atoms with Crippen LogP contribution in [0, 0.1) is 5.92 Å². The molecule has 2 aromatic rings. The first kappa shape index (κ1) is 15.2. The maximum absolute atomic E-state index is 12.9. The van der Waals surface area contributed by atoms with E-state index in [0.717, 1.165) is 36.7 Å². The van der Waals surface area contributed by atoms with Crippen LogP contribution < -0.4 is 0 Å². The minimum absolute atomic E-state index is 0.0853. The summed E-state index contributed by atoms with van der Waals surface area (Å²) in [6.07, 6.45) is 6.42. The standard InChI is InChI=1S/C18H21N3O3/c22-17(10-20-11-19-13-6-2-4-8-15(13)20)21-14-7-3-1-5-12(14)9-16(21)18(23)24/h2,4,6,8,11-12,14,16H,1,3,5,7,9-10H2,(H,23,24). The first-order valence-electron chi connectivity index (χ1n) is 8.59. The lowest BCUT2D eigenvalue weighted by Crippen LogP contribution is -2.47. The number of imidazole rings is 1. The molecule has 4 rings (SSSR count). The van der Waals surface area contributed by atoms with Gasteiger partial charge in [0.15, 0.2) is 0 Å². The van der Waals surface area contributed by atoms with Gasteiger partial charge in [0, 0.05) is 6.04 Å². The fourth-order valence-corrected chi connectivity index (χ4v) is 4.40. The van der Waals surface area contributed by atoms with Crippen LogP contribution in [0.5, 0.6) is 0 Å². The number of hydrogen-bond acceptors (Lipinski definition) is 3. The summed E-state index contributed by atoms with van der Waals surface area (Å²) in [6, 6.07) is 7.07. The number of amides is 1. The van der Waals surface area contributed by atoms with Gasteiger partial charge < -0.3 is 14.6 Å². The van der Waals surface area contributed by atoms with Crippen LogP contribution in [-0.2, 0) is 16.1 Å². The van der Waals surface area contributed by atoms with Gasteiger partial charge in [-0.2, -0.15) is 0 Å². The van der Waals surface area contributed by atoms with E-state index in [9.17, 15) is 14.7 Å². The molecule has 2 fully saturated rings. The molecule has 1 aliphatic heterocycles. The molecule has 1 aromatic heterocycles. The first-order valence-corrected chi connectivity index (χ1v) is 8.59. The quantitative estimate of drug-likeness (QED) is 0.938. The zero-order valence-corrected chi connectivity index (χ0v) is 13.5. The molecule has 24 heavy (non-hydrogen) atoms. The molecule has 6 nitrogen and oxygen atoms in total. The number of fused-ring (bicyclic) bond motifs is 2. The Bertz CT molecular complexity index is 785. The average Bonchev–Trinajstić information content (AvgIpc) is 3.16. The van der Waals surface area contributed by atoms with Crippen LogP contribution in [0.15, 0.2) is 30.6 Å². The topological polar surface area (TPSA) is 75.4 Å². The van der Waals surface area contributed by atoms with Crippen molar-refractivity contribution in [1.82, 2.24) is 14.5 Å². The lowest BCUT2D eigenvalue weighted by atomic mass is 9.85. The zero-order valence-electron chi connectivity index (χ0n) is 13.5. The summed E-state index contributed by atoms with van der Waals surface area (Å²) < 4.78 is 1.81. The molecule has 1 amide bonds. The lowest BCUT2D eigenvalue weighted by Gasteiger charge is -2.33. The van der Waals surface area contributed by atoms with Crippen molar-refractivity contribution in [3.05, 3.63) is 30.6 Å². The molecule has 0 bridgehead atoms. The Morgan fingerprint density at radius 1 is 1.21 bits per heavy atom. The van der Waals surface area contributed by atoms with Gasteiger partial charge >= 0.3 is 5.97 Å². The number of benzene rings is 1. The van der Waals surface area contributed by atoms with Gasteiger partial charge in [0.25, 0.3) is 0 Å². The third-order valence-corrected chi connectivity index (χ3v) is 5.49. The summed E-state index contributed by atoms with van der Waals surface area (Å²) >= 11 is 0. The van der Waals surface area contributed by atoms with E-state index in [1.807, 2.05) is 28.8 Å². The molecular formula is C18H21N3O3. The van der Waals surface area contributed by atoms with Gasteiger partial charge in [-0.1, -0.05) is 25.0 Å². The molecule has 3 unspecified atom stereocenters. The van der Waals surface area contributed by atoms with E-state index in [-0.39, 0.29) is 18.5 Å². The summed E-state index contributed by atoms with van der Waals surface area (Å²) in [5.41, 5.74) is 1.74. The number of hydrogen-bond donors (Lipinski definition) is 1. The maximum atomic E-state index is 12.9. The minimum atomic E-state index is -0.881. The van der Waals surface area contributed by atoms with Gasteiger partial charge in [-0.3, -0.25) is 4.79 Å². The number of nitrogens with zero attached hydrogens (tertiary/aromatic N) is 3. The Balaban J connectivity index is 1.60. The van der Waals surface area contributed by atoms with Crippen LogP contribution in [0.3, 0.4) is 0 Å². The van der Waals surface area contributed by atoms with Crippen LogP contribution in [0.2, 0.25) is 0 Å². The van der Waals surface area contributed by atoms with Gasteiger partial charge in [0.2, 0.25) is 5.91 Å². The monoisotopic (exact) mass is 327 g/mol. The predicted molar refractivity (Wildman–Crippen MR) is 88.4 cm³/mol. The normalized spacial score (nSPS) is 26.5. The molecule has 126 valence electrons. The molecule has 1 saturated heterocycles. The van der Waals surface area contributed by atoms with Crippen molar-refractivity contribution < 1.29 is 14.7 Å². The molecule has 2 heterocycles. The third kappa shape index (κ3) is 2.46. The van der Waals surface area contributed by atoms with Crippen molar-refractivity contribution in [2.45, 2.75) is 50.7 Å². The van der Waals surface area contributed by atoms with E-state index >= 15 is 0 Å². The van der Waals surface area contributed by atoms with Crippen LogP contribution in [0.1, 0.15) is 32.1 Å². The number of carboxylic acids is 1. The van der Waals surface area contributed by atoms with Crippen LogP contribution in [0.4, 0.5) is 0 Å². The zero-order chi connectivity index (χ0) is 16.7. The van der Waals surface area contributed by atoms with Crippen LogP contribution in [-0.4, -0.2) is 43.5 Å². The predicted octanol–water partition coefficient (Wildman–Crippen LogP) is 2.28. The highest BCUT2D eigenvalue weighted by Crippen LogP contribution is 2.40. The summed E-state index contributed by atoms with van der Waals surface area (Å²) in [5, 5.41) is 9.56. The van der Waals surface area contributed by atoms with Gasteiger partial charge in [-0.15, -0.1) is 0 Å².